The largest absolute Gasteiger partial charge is 0.480 e. The number of aryl methyl sites for hydroxylation is 2. The molecule has 25 heavy (non-hydrogen) atoms. The number of carboxylic acids is 1. The first kappa shape index (κ1) is 17.6. The molecule has 2 aromatic heterocycles. The predicted molar refractivity (Wildman–Crippen MR) is 100.0 cm³/mol. The lowest BCUT2D eigenvalue weighted by atomic mass is 10.1. The van der Waals surface area contributed by atoms with Crippen molar-refractivity contribution in [2.24, 2.45) is 0 Å². The Morgan fingerprint density at radius 2 is 2.12 bits per heavy atom. The molecule has 0 aliphatic carbocycles. The first-order chi connectivity index (χ1) is 11.8. The summed E-state index contributed by atoms with van der Waals surface area (Å²) < 4.78 is 1.28. The molecule has 2 heterocycles. The van der Waals surface area contributed by atoms with Crippen LogP contribution in [-0.2, 0) is 11.2 Å². The zero-order valence-corrected chi connectivity index (χ0v) is 15.6. The summed E-state index contributed by atoms with van der Waals surface area (Å²) in [4.78, 5) is 30.8. The molecule has 0 aliphatic heterocycles. The number of aliphatic carboxylic acids is 1. The van der Waals surface area contributed by atoms with E-state index in [9.17, 15) is 14.7 Å². The van der Waals surface area contributed by atoms with Crippen LogP contribution in [0.4, 0.5) is 0 Å². The molecule has 3 aromatic rings. The molecule has 0 amide bonds. The minimum absolute atomic E-state index is 0.307. The third kappa shape index (κ3) is 3.19. The number of thiophene rings is 1. The van der Waals surface area contributed by atoms with Gasteiger partial charge in [-0.25, -0.2) is 9.78 Å². The van der Waals surface area contributed by atoms with E-state index in [1.165, 1.54) is 22.8 Å². The topological polar surface area (TPSA) is 72.2 Å². The molecule has 5 nitrogen and oxygen atoms in total. The Hall–Kier alpha value is -2.18. The fraction of sp³-hybridized carbons (Fsp3) is 0.278. The van der Waals surface area contributed by atoms with E-state index < -0.39 is 12.0 Å². The third-order valence-corrected chi connectivity index (χ3v) is 5.64. The van der Waals surface area contributed by atoms with E-state index in [0.717, 1.165) is 16.0 Å². The maximum Gasteiger partial charge on any atom is 0.326 e. The monoisotopic (exact) mass is 376 g/mol. The molecule has 0 aliphatic rings. The highest BCUT2D eigenvalue weighted by Gasteiger charge is 2.23. The number of aromatic nitrogens is 2. The lowest BCUT2D eigenvalue weighted by molar-refractivity contribution is -0.140. The summed E-state index contributed by atoms with van der Waals surface area (Å²) in [5.74, 6) is -0.642. The number of halogens is 1. The van der Waals surface area contributed by atoms with E-state index in [1.54, 1.807) is 12.1 Å². The van der Waals surface area contributed by atoms with Crippen molar-refractivity contribution in [3.05, 3.63) is 61.5 Å². The van der Waals surface area contributed by atoms with E-state index in [2.05, 4.69) is 4.98 Å². The van der Waals surface area contributed by atoms with E-state index in [-0.39, 0.29) is 5.56 Å². The Balaban J connectivity index is 2.27. The molecule has 7 heteroatoms. The van der Waals surface area contributed by atoms with Gasteiger partial charge >= 0.3 is 5.97 Å². The number of hydrogen-bond acceptors (Lipinski definition) is 4. The maximum absolute atomic E-state index is 13.0. The summed E-state index contributed by atoms with van der Waals surface area (Å²) in [6.07, 6.45) is 0.333. The van der Waals surface area contributed by atoms with Crippen LogP contribution in [0.15, 0.2) is 29.1 Å². The number of benzene rings is 1. The molecular weight excluding hydrogens is 360 g/mol. The van der Waals surface area contributed by atoms with Gasteiger partial charge in [-0.1, -0.05) is 23.7 Å². The highest BCUT2D eigenvalue weighted by atomic mass is 35.5. The second-order valence-electron chi connectivity index (χ2n) is 5.99. The summed E-state index contributed by atoms with van der Waals surface area (Å²) in [6.45, 7) is 5.29. The lowest BCUT2D eigenvalue weighted by Crippen LogP contribution is -2.32. The smallest absolute Gasteiger partial charge is 0.326 e. The molecule has 0 saturated heterocycles. The van der Waals surface area contributed by atoms with Crippen LogP contribution < -0.4 is 5.56 Å². The lowest BCUT2D eigenvalue weighted by Gasteiger charge is -2.16. The molecule has 0 spiro atoms. The quantitative estimate of drug-likeness (QED) is 0.747. The van der Waals surface area contributed by atoms with Crippen molar-refractivity contribution in [3.8, 4) is 0 Å². The molecule has 1 aromatic carbocycles. The van der Waals surface area contributed by atoms with Gasteiger partial charge in [0.05, 0.1) is 5.39 Å². The van der Waals surface area contributed by atoms with Crippen molar-refractivity contribution in [1.29, 1.82) is 0 Å². The predicted octanol–water partition coefficient (Wildman–Crippen LogP) is 3.96. The molecule has 0 saturated carbocycles. The second kappa shape index (κ2) is 6.61. The number of hydrogen-bond donors (Lipinski definition) is 1. The molecular formula is C18H17ClN2O3S. The van der Waals surface area contributed by atoms with Gasteiger partial charge in [0.15, 0.2) is 0 Å². The van der Waals surface area contributed by atoms with Gasteiger partial charge in [-0.15, -0.1) is 11.3 Å². The molecule has 1 N–H and O–H groups in total. The molecule has 0 fully saturated rings. The minimum atomic E-state index is -1.07. The Kier molecular flexibility index (Phi) is 4.67. The Morgan fingerprint density at radius 1 is 1.40 bits per heavy atom. The minimum Gasteiger partial charge on any atom is -0.480 e. The van der Waals surface area contributed by atoms with Crippen LogP contribution in [0.1, 0.15) is 34.8 Å². The van der Waals surface area contributed by atoms with Gasteiger partial charge in [0.1, 0.15) is 16.7 Å². The number of carboxylic acid groups (broad SMARTS) is 1. The van der Waals surface area contributed by atoms with Crippen LogP contribution in [0.5, 0.6) is 0 Å². The van der Waals surface area contributed by atoms with Crippen molar-refractivity contribution in [2.75, 3.05) is 0 Å². The number of nitrogens with zero attached hydrogens (tertiary/aromatic N) is 2. The zero-order chi connectivity index (χ0) is 18.3. The van der Waals surface area contributed by atoms with Crippen LogP contribution in [0.25, 0.3) is 10.2 Å². The zero-order valence-electron chi connectivity index (χ0n) is 14.0. The average Bonchev–Trinajstić information content (AvgIpc) is 2.81. The molecule has 1 atom stereocenters. The second-order valence-corrected chi connectivity index (χ2v) is 7.63. The maximum atomic E-state index is 13.0. The summed E-state index contributed by atoms with van der Waals surface area (Å²) in [5.41, 5.74) is 1.42. The van der Waals surface area contributed by atoms with Gasteiger partial charge in [0.2, 0.25) is 0 Å². The SMILES string of the molecule is Cc1sc2nc(Cc3cccc(Cl)c3)n(C(C)C(=O)O)c(=O)c2c1C. The molecule has 0 radical (unpaired) electrons. The average molecular weight is 377 g/mol. The highest BCUT2D eigenvalue weighted by molar-refractivity contribution is 7.18. The Bertz CT molecular complexity index is 1040. The van der Waals surface area contributed by atoms with Gasteiger partial charge < -0.3 is 5.11 Å². The number of carbonyl (C=O) groups is 1. The van der Waals surface area contributed by atoms with Gasteiger partial charge in [0, 0.05) is 16.3 Å². The molecule has 1 unspecified atom stereocenters. The molecule has 0 bridgehead atoms. The van der Waals surface area contributed by atoms with Crippen LogP contribution in [0, 0.1) is 13.8 Å². The van der Waals surface area contributed by atoms with E-state index >= 15 is 0 Å². The highest BCUT2D eigenvalue weighted by Crippen LogP contribution is 2.27. The Labute approximate surface area is 153 Å². The Morgan fingerprint density at radius 3 is 2.76 bits per heavy atom. The number of fused-ring (bicyclic) bond motifs is 1. The van der Waals surface area contributed by atoms with Gasteiger partial charge in [0.25, 0.3) is 5.56 Å². The van der Waals surface area contributed by atoms with E-state index in [4.69, 9.17) is 11.6 Å². The third-order valence-electron chi connectivity index (χ3n) is 4.30. The van der Waals surface area contributed by atoms with Crippen LogP contribution >= 0.6 is 22.9 Å². The summed E-state index contributed by atoms with van der Waals surface area (Å²) in [7, 11) is 0. The van der Waals surface area contributed by atoms with E-state index in [0.29, 0.717) is 27.5 Å². The van der Waals surface area contributed by atoms with Crippen molar-refractivity contribution in [2.45, 2.75) is 33.2 Å². The fourth-order valence-electron chi connectivity index (χ4n) is 2.81. The molecule has 3 rings (SSSR count). The van der Waals surface area contributed by atoms with Crippen LogP contribution in [-0.4, -0.2) is 20.6 Å². The summed E-state index contributed by atoms with van der Waals surface area (Å²) >= 11 is 7.48. The van der Waals surface area contributed by atoms with Crippen molar-refractivity contribution >= 4 is 39.1 Å². The van der Waals surface area contributed by atoms with Crippen molar-refractivity contribution < 1.29 is 9.90 Å². The van der Waals surface area contributed by atoms with Crippen molar-refractivity contribution in [1.82, 2.24) is 9.55 Å². The van der Waals surface area contributed by atoms with Gasteiger partial charge in [-0.3, -0.25) is 9.36 Å². The van der Waals surface area contributed by atoms with E-state index in [1.807, 2.05) is 26.0 Å². The first-order valence-electron chi connectivity index (χ1n) is 7.78. The molecule has 130 valence electrons. The van der Waals surface area contributed by atoms with Gasteiger partial charge in [-0.2, -0.15) is 0 Å². The summed E-state index contributed by atoms with van der Waals surface area (Å²) in [5, 5.41) is 10.5. The van der Waals surface area contributed by atoms with Crippen LogP contribution in [0.2, 0.25) is 5.02 Å². The standard InChI is InChI=1S/C18H17ClN2O3S/c1-9-11(3)25-16-15(9)17(22)21(10(2)18(23)24)14(20-16)8-12-5-4-6-13(19)7-12/h4-7,10H,8H2,1-3H3,(H,23,24). The first-order valence-corrected chi connectivity index (χ1v) is 8.97. The fourth-order valence-corrected chi connectivity index (χ4v) is 4.06. The summed E-state index contributed by atoms with van der Waals surface area (Å²) in [6, 6.07) is 6.25. The normalized spacial score (nSPS) is 12.5. The van der Waals surface area contributed by atoms with Crippen molar-refractivity contribution in [3.63, 3.8) is 0 Å². The van der Waals surface area contributed by atoms with Gasteiger partial charge in [-0.05, 0) is 44.0 Å². The van der Waals surface area contributed by atoms with Crippen LogP contribution in [0.3, 0.4) is 0 Å². The number of rotatable bonds is 4.